The molecular weight excluding hydrogens is 264 g/mol. The molecular formula is C11H10N6OS. The number of hydrogen-bond acceptors (Lipinski definition) is 6. The Kier molecular flexibility index (Phi) is 2.92. The highest BCUT2D eigenvalue weighted by Gasteiger charge is 2.11. The molecule has 3 aromatic rings. The van der Waals surface area contributed by atoms with Crippen LogP contribution >= 0.6 is 11.3 Å². The van der Waals surface area contributed by atoms with Crippen LogP contribution in [0.15, 0.2) is 23.7 Å². The first-order valence-corrected chi connectivity index (χ1v) is 6.56. The van der Waals surface area contributed by atoms with Crippen LogP contribution in [0, 0.1) is 0 Å². The number of rotatable bonds is 3. The number of nitrogens with zero attached hydrogens (tertiary/aromatic N) is 5. The number of nitrogens with one attached hydrogen (secondary N) is 1. The van der Waals surface area contributed by atoms with Gasteiger partial charge in [-0.3, -0.25) is 10.1 Å². The van der Waals surface area contributed by atoms with Gasteiger partial charge in [0.1, 0.15) is 11.0 Å². The van der Waals surface area contributed by atoms with Gasteiger partial charge in [-0.15, -0.1) is 15.3 Å². The topological polar surface area (TPSA) is 85.6 Å². The Labute approximate surface area is 112 Å². The Morgan fingerprint density at radius 1 is 1.42 bits per heavy atom. The van der Waals surface area contributed by atoms with Crippen LogP contribution in [0.4, 0.5) is 5.13 Å². The number of anilines is 1. The summed E-state index contributed by atoms with van der Waals surface area (Å²) in [4.78, 5) is 12.0. The number of amides is 1. The van der Waals surface area contributed by atoms with E-state index < -0.39 is 0 Å². The van der Waals surface area contributed by atoms with Crippen molar-refractivity contribution in [2.45, 2.75) is 13.5 Å². The number of aryl methyl sites for hydroxylation is 1. The number of aromatic nitrogens is 5. The molecule has 0 saturated heterocycles. The molecule has 0 aliphatic rings. The number of fused-ring (bicyclic) bond motifs is 1. The van der Waals surface area contributed by atoms with Crippen LogP contribution in [0.2, 0.25) is 0 Å². The van der Waals surface area contributed by atoms with Crippen molar-refractivity contribution in [1.82, 2.24) is 25.2 Å². The first-order valence-electron chi connectivity index (χ1n) is 5.68. The van der Waals surface area contributed by atoms with E-state index in [-0.39, 0.29) is 5.91 Å². The fourth-order valence-corrected chi connectivity index (χ4v) is 2.18. The van der Waals surface area contributed by atoms with Gasteiger partial charge < -0.3 is 0 Å². The van der Waals surface area contributed by atoms with Crippen molar-refractivity contribution in [2.75, 3.05) is 5.32 Å². The number of carbonyl (C=O) groups excluding carboxylic acids is 1. The summed E-state index contributed by atoms with van der Waals surface area (Å²) in [7, 11) is 0. The molecule has 0 spiro atoms. The molecule has 0 aliphatic heterocycles. The van der Waals surface area contributed by atoms with Gasteiger partial charge in [-0.25, -0.2) is 4.68 Å². The molecule has 1 N–H and O–H groups in total. The lowest BCUT2D eigenvalue weighted by molar-refractivity contribution is 0.102. The van der Waals surface area contributed by atoms with Gasteiger partial charge in [0.25, 0.3) is 5.91 Å². The van der Waals surface area contributed by atoms with Gasteiger partial charge in [-0.1, -0.05) is 16.6 Å². The second-order valence-corrected chi connectivity index (χ2v) is 4.64. The predicted molar refractivity (Wildman–Crippen MR) is 71.1 cm³/mol. The van der Waals surface area contributed by atoms with Crippen molar-refractivity contribution >= 4 is 33.4 Å². The number of benzene rings is 1. The van der Waals surface area contributed by atoms with E-state index in [9.17, 15) is 4.79 Å². The van der Waals surface area contributed by atoms with E-state index in [2.05, 4.69) is 25.8 Å². The monoisotopic (exact) mass is 274 g/mol. The molecule has 1 aromatic carbocycles. The summed E-state index contributed by atoms with van der Waals surface area (Å²) in [6.07, 6.45) is 0. The largest absolute Gasteiger partial charge is 0.296 e. The van der Waals surface area contributed by atoms with Gasteiger partial charge in [-0.05, 0) is 25.1 Å². The Bertz CT molecular complexity index is 720. The lowest BCUT2D eigenvalue weighted by atomic mass is 10.2. The lowest BCUT2D eigenvalue weighted by Crippen LogP contribution is -2.11. The summed E-state index contributed by atoms with van der Waals surface area (Å²) in [5.74, 6) is -0.232. The summed E-state index contributed by atoms with van der Waals surface area (Å²) < 4.78 is 1.78. The van der Waals surface area contributed by atoms with Crippen molar-refractivity contribution < 1.29 is 4.79 Å². The van der Waals surface area contributed by atoms with Crippen LogP contribution < -0.4 is 5.32 Å². The molecule has 0 unspecified atom stereocenters. The fourth-order valence-electron chi connectivity index (χ4n) is 1.74. The maximum Gasteiger partial charge on any atom is 0.257 e. The van der Waals surface area contributed by atoms with Gasteiger partial charge >= 0.3 is 0 Å². The number of hydrogen-bond donors (Lipinski definition) is 1. The SMILES string of the molecule is CCn1nnc2cc(C(=O)Nc3nncs3)ccc21. The van der Waals surface area contributed by atoms with E-state index in [0.717, 1.165) is 12.1 Å². The maximum absolute atomic E-state index is 12.0. The maximum atomic E-state index is 12.0. The summed E-state index contributed by atoms with van der Waals surface area (Å²) in [5.41, 5.74) is 3.69. The molecule has 0 atom stereocenters. The van der Waals surface area contributed by atoms with E-state index >= 15 is 0 Å². The van der Waals surface area contributed by atoms with Gasteiger partial charge in [0, 0.05) is 12.1 Å². The van der Waals surface area contributed by atoms with Gasteiger partial charge in [0.15, 0.2) is 0 Å². The summed E-state index contributed by atoms with van der Waals surface area (Å²) in [5, 5.41) is 18.6. The van der Waals surface area contributed by atoms with Gasteiger partial charge in [-0.2, -0.15) is 0 Å². The second kappa shape index (κ2) is 4.73. The van der Waals surface area contributed by atoms with Gasteiger partial charge in [0.05, 0.1) is 5.52 Å². The van der Waals surface area contributed by atoms with Crippen molar-refractivity contribution in [3.8, 4) is 0 Å². The minimum Gasteiger partial charge on any atom is -0.296 e. The van der Waals surface area contributed by atoms with Crippen molar-refractivity contribution in [1.29, 1.82) is 0 Å². The third kappa shape index (κ3) is 2.17. The molecule has 96 valence electrons. The average molecular weight is 274 g/mol. The molecule has 3 rings (SSSR count). The molecule has 0 fully saturated rings. The van der Waals surface area contributed by atoms with Crippen LogP contribution in [-0.2, 0) is 6.54 Å². The smallest absolute Gasteiger partial charge is 0.257 e. The van der Waals surface area contributed by atoms with E-state index in [0.29, 0.717) is 16.2 Å². The molecule has 0 radical (unpaired) electrons. The molecule has 1 amide bonds. The van der Waals surface area contributed by atoms with Crippen LogP contribution in [0.25, 0.3) is 11.0 Å². The molecule has 19 heavy (non-hydrogen) atoms. The van der Waals surface area contributed by atoms with E-state index in [1.165, 1.54) is 11.3 Å². The van der Waals surface area contributed by atoms with Crippen LogP contribution in [0.1, 0.15) is 17.3 Å². The number of carbonyl (C=O) groups is 1. The summed E-state index contributed by atoms with van der Waals surface area (Å²) in [6.45, 7) is 2.73. The zero-order valence-electron chi connectivity index (χ0n) is 10.1. The Morgan fingerprint density at radius 2 is 2.32 bits per heavy atom. The second-order valence-electron chi connectivity index (χ2n) is 3.81. The quantitative estimate of drug-likeness (QED) is 0.783. The highest BCUT2D eigenvalue weighted by atomic mass is 32.1. The van der Waals surface area contributed by atoms with Crippen molar-refractivity contribution in [3.63, 3.8) is 0 Å². The fraction of sp³-hybridized carbons (Fsp3) is 0.182. The molecule has 0 bridgehead atoms. The van der Waals surface area contributed by atoms with Gasteiger partial charge in [0.2, 0.25) is 5.13 Å². The lowest BCUT2D eigenvalue weighted by Gasteiger charge is -2.01. The zero-order valence-corrected chi connectivity index (χ0v) is 10.9. The van der Waals surface area contributed by atoms with E-state index in [1.807, 2.05) is 13.0 Å². The summed E-state index contributed by atoms with van der Waals surface area (Å²) >= 11 is 1.27. The Hall–Kier alpha value is -2.35. The van der Waals surface area contributed by atoms with Crippen molar-refractivity contribution in [3.05, 3.63) is 29.3 Å². The minimum absolute atomic E-state index is 0.232. The minimum atomic E-state index is -0.232. The highest BCUT2D eigenvalue weighted by molar-refractivity contribution is 7.13. The summed E-state index contributed by atoms with van der Waals surface area (Å²) in [6, 6.07) is 5.30. The van der Waals surface area contributed by atoms with Crippen LogP contribution in [0.3, 0.4) is 0 Å². The molecule has 7 nitrogen and oxygen atoms in total. The standard InChI is InChI=1S/C11H10N6OS/c1-2-17-9-4-3-7(5-8(9)14-16-17)10(18)13-11-15-12-6-19-11/h3-6H,2H2,1H3,(H,13,15,18). The first kappa shape index (κ1) is 11.7. The third-order valence-corrected chi connectivity index (χ3v) is 3.26. The predicted octanol–water partition coefficient (Wildman–Crippen LogP) is 1.55. The van der Waals surface area contributed by atoms with E-state index in [1.54, 1.807) is 22.3 Å². The normalized spacial score (nSPS) is 10.8. The molecule has 8 heteroatoms. The third-order valence-electron chi connectivity index (χ3n) is 2.66. The van der Waals surface area contributed by atoms with E-state index in [4.69, 9.17) is 0 Å². The molecule has 0 saturated carbocycles. The van der Waals surface area contributed by atoms with Crippen LogP contribution in [-0.4, -0.2) is 31.1 Å². The van der Waals surface area contributed by atoms with Crippen LogP contribution in [0.5, 0.6) is 0 Å². The first-order chi connectivity index (χ1) is 9.28. The highest BCUT2D eigenvalue weighted by Crippen LogP contribution is 2.15. The molecule has 0 aliphatic carbocycles. The van der Waals surface area contributed by atoms with Crippen molar-refractivity contribution in [2.24, 2.45) is 0 Å². The Balaban J connectivity index is 1.90. The molecule has 2 aromatic heterocycles. The molecule has 2 heterocycles. The zero-order chi connectivity index (χ0) is 13.2. The average Bonchev–Trinajstić information content (AvgIpc) is 3.06. The Morgan fingerprint density at radius 3 is 3.05 bits per heavy atom.